The van der Waals surface area contributed by atoms with E-state index in [4.69, 9.17) is 0 Å². The van der Waals surface area contributed by atoms with E-state index in [1.165, 1.54) is 19.3 Å². The van der Waals surface area contributed by atoms with Crippen molar-refractivity contribution in [2.75, 3.05) is 6.61 Å². The average Bonchev–Trinajstić information content (AvgIpc) is 2.92. The normalized spacial score (nSPS) is 48.0. The maximum atomic E-state index is 13.2. The zero-order valence-electron chi connectivity index (χ0n) is 18.3. The molecule has 0 aromatic heterocycles. The second-order valence-corrected chi connectivity index (χ2v) is 10.4. The first-order valence-electron chi connectivity index (χ1n) is 11.9. The molecular weight excluding hydrogens is 361 g/mol. The zero-order valence-corrected chi connectivity index (χ0v) is 18.3. The Hall–Kier alpha value is -0.250. The van der Waals surface area contributed by atoms with Crippen LogP contribution in [0.15, 0.2) is 0 Å². The fourth-order valence-electron chi connectivity index (χ4n) is 8.44. The van der Waals surface area contributed by atoms with Crippen LogP contribution in [-0.2, 0) is 0 Å². The summed E-state index contributed by atoms with van der Waals surface area (Å²) in [4.78, 5) is 0. The summed E-state index contributed by atoms with van der Waals surface area (Å²) in [5, 5.41) is 9.50. The number of hydrogen-bond acceptors (Lipinski definition) is 1. The molecule has 0 radical (unpaired) electrons. The molecule has 4 rings (SSSR count). The van der Waals surface area contributed by atoms with Crippen molar-refractivity contribution >= 4 is 0 Å². The highest BCUT2D eigenvalue weighted by Crippen LogP contribution is 2.66. The highest BCUT2D eigenvalue weighted by Gasteiger charge is 2.59. The van der Waals surface area contributed by atoms with Gasteiger partial charge in [-0.1, -0.05) is 27.7 Å². The zero-order chi connectivity index (χ0) is 20.7. The van der Waals surface area contributed by atoms with Gasteiger partial charge in [-0.05, 0) is 105 Å². The first-order chi connectivity index (χ1) is 13.3. The van der Waals surface area contributed by atoms with Crippen LogP contribution in [0, 0.1) is 52.8 Å². The molecule has 0 spiro atoms. The van der Waals surface area contributed by atoms with Crippen LogP contribution in [0.4, 0.5) is 13.2 Å². The van der Waals surface area contributed by atoms with Crippen LogP contribution >= 0.6 is 0 Å². The van der Waals surface area contributed by atoms with E-state index in [0.29, 0.717) is 47.8 Å². The van der Waals surface area contributed by atoms with Crippen LogP contribution in [0.1, 0.15) is 85.5 Å². The van der Waals surface area contributed by atoms with Gasteiger partial charge >= 0.3 is 6.18 Å². The van der Waals surface area contributed by atoms with Gasteiger partial charge in [0.1, 0.15) is 0 Å². The molecule has 0 aliphatic heterocycles. The molecule has 28 heavy (non-hydrogen) atoms. The summed E-state index contributed by atoms with van der Waals surface area (Å²) in [5.74, 6) is 3.24. The maximum absolute atomic E-state index is 13.2. The Kier molecular flexibility index (Phi) is 6.79. The molecule has 3 unspecified atom stereocenters. The van der Waals surface area contributed by atoms with Crippen molar-refractivity contribution in [3.63, 3.8) is 0 Å². The highest BCUT2D eigenvalue weighted by atomic mass is 19.4. The quantitative estimate of drug-likeness (QED) is 0.523. The van der Waals surface area contributed by atoms with E-state index in [2.05, 4.69) is 13.8 Å². The molecule has 1 nitrogen and oxygen atoms in total. The third kappa shape index (κ3) is 3.76. The van der Waals surface area contributed by atoms with Crippen LogP contribution in [0.25, 0.3) is 0 Å². The smallest absolute Gasteiger partial charge is 0.391 e. The van der Waals surface area contributed by atoms with Crippen molar-refractivity contribution in [3.05, 3.63) is 0 Å². The Balaban J connectivity index is 0.00000109. The summed E-state index contributed by atoms with van der Waals surface area (Å²) in [6.45, 7) is 9.15. The van der Waals surface area contributed by atoms with E-state index in [1.54, 1.807) is 0 Å². The largest absolute Gasteiger partial charge is 0.396 e. The summed E-state index contributed by atoms with van der Waals surface area (Å²) in [6.07, 6.45) is 4.31. The third-order valence-electron chi connectivity index (χ3n) is 9.39. The molecule has 4 saturated carbocycles. The predicted octanol–water partition coefficient (Wildman–Crippen LogP) is 7.09. The Morgan fingerprint density at radius 1 is 0.929 bits per heavy atom. The van der Waals surface area contributed by atoms with Gasteiger partial charge in [-0.25, -0.2) is 0 Å². The summed E-state index contributed by atoms with van der Waals surface area (Å²) < 4.78 is 39.6. The molecule has 0 saturated heterocycles. The van der Waals surface area contributed by atoms with E-state index in [9.17, 15) is 18.3 Å². The number of aliphatic hydroxyl groups is 1. The summed E-state index contributed by atoms with van der Waals surface area (Å²) in [6, 6.07) is 0. The lowest BCUT2D eigenvalue weighted by molar-refractivity contribution is -0.196. The molecule has 1 N–H and O–H groups in total. The minimum Gasteiger partial charge on any atom is -0.396 e. The van der Waals surface area contributed by atoms with E-state index < -0.39 is 12.1 Å². The van der Waals surface area contributed by atoms with Gasteiger partial charge in [-0.15, -0.1) is 0 Å². The Morgan fingerprint density at radius 3 is 2.25 bits per heavy atom. The van der Waals surface area contributed by atoms with Crippen LogP contribution in [0.2, 0.25) is 0 Å². The average molecular weight is 403 g/mol. The molecular formula is C24H41F3O. The van der Waals surface area contributed by atoms with Gasteiger partial charge in [-0.2, -0.15) is 13.2 Å². The minimum atomic E-state index is -4.00. The van der Waals surface area contributed by atoms with Crippen molar-refractivity contribution in [2.45, 2.75) is 91.7 Å². The molecule has 0 amide bonds. The standard InChI is InChI=1S/C22H35F3O.C2H6/c1-13-11-15(8-10-26)21(2)9-7-18-17-6-4-16(22(23,24)25)12-14(17)3-5-19(18)20(13)21;1-2/h13-20,26H,3-12H2,1-2H3;1-2H3/t13-,14-,15?,16+,17+,18?,19-,20?,21-;/m1./s1. The Bertz CT molecular complexity index is 518. The van der Waals surface area contributed by atoms with Crippen molar-refractivity contribution in [1.82, 2.24) is 0 Å². The Morgan fingerprint density at radius 2 is 1.61 bits per heavy atom. The van der Waals surface area contributed by atoms with Gasteiger partial charge in [0.2, 0.25) is 0 Å². The van der Waals surface area contributed by atoms with Gasteiger partial charge in [0.05, 0.1) is 5.92 Å². The number of hydrogen-bond donors (Lipinski definition) is 1. The number of aliphatic hydroxyl groups excluding tert-OH is 1. The summed E-state index contributed by atoms with van der Waals surface area (Å²) in [5.41, 5.74) is 0.347. The van der Waals surface area contributed by atoms with Gasteiger partial charge in [0, 0.05) is 6.61 Å². The molecule has 4 aliphatic carbocycles. The first kappa shape index (κ1) is 22.4. The number of rotatable bonds is 2. The number of fused-ring (bicyclic) bond motifs is 5. The van der Waals surface area contributed by atoms with Gasteiger partial charge in [0.25, 0.3) is 0 Å². The first-order valence-corrected chi connectivity index (χ1v) is 11.9. The second-order valence-electron chi connectivity index (χ2n) is 10.4. The van der Waals surface area contributed by atoms with Gasteiger partial charge < -0.3 is 5.11 Å². The predicted molar refractivity (Wildman–Crippen MR) is 108 cm³/mol. The fourth-order valence-corrected chi connectivity index (χ4v) is 8.44. The molecule has 4 aliphatic rings. The van der Waals surface area contributed by atoms with Gasteiger partial charge in [-0.3, -0.25) is 0 Å². The summed E-state index contributed by atoms with van der Waals surface area (Å²) >= 11 is 0. The molecule has 0 aromatic carbocycles. The monoisotopic (exact) mass is 402 g/mol. The molecule has 0 aromatic rings. The molecule has 0 heterocycles. The van der Waals surface area contributed by atoms with E-state index in [0.717, 1.165) is 37.5 Å². The van der Waals surface area contributed by atoms with E-state index in [1.807, 2.05) is 13.8 Å². The second kappa shape index (κ2) is 8.47. The van der Waals surface area contributed by atoms with Crippen LogP contribution in [0.3, 0.4) is 0 Å². The molecule has 9 atom stereocenters. The number of halogens is 3. The number of alkyl halides is 3. The topological polar surface area (TPSA) is 20.2 Å². The lowest BCUT2D eigenvalue weighted by atomic mass is 9.48. The molecule has 164 valence electrons. The van der Waals surface area contributed by atoms with Crippen molar-refractivity contribution in [2.24, 2.45) is 52.8 Å². The van der Waals surface area contributed by atoms with Gasteiger partial charge in [0.15, 0.2) is 0 Å². The van der Waals surface area contributed by atoms with Crippen molar-refractivity contribution in [3.8, 4) is 0 Å². The Labute approximate surface area is 169 Å². The highest BCUT2D eigenvalue weighted by molar-refractivity contribution is 5.08. The van der Waals surface area contributed by atoms with E-state index >= 15 is 0 Å². The summed E-state index contributed by atoms with van der Waals surface area (Å²) in [7, 11) is 0. The van der Waals surface area contributed by atoms with E-state index in [-0.39, 0.29) is 6.61 Å². The van der Waals surface area contributed by atoms with Crippen molar-refractivity contribution in [1.29, 1.82) is 0 Å². The van der Waals surface area contributed by atoms with Crippen LogP contribution in [-0.4, -0.2) is 17.9 Å². The van der Waals surface area contributed by atoms with Crippen molar-refractivity contribution < 1.29 is 18.3 Å². The molecule has 4 heteroatoms. The molecule has 4 fully saturated rings. The molecule has 0 bridgehead atoms. The van der Waals surface area contributed by atoms with Crippen LogP contribution in [0.5, 0.6) is 0 Å². The third-order valence-corrected chi connectivity index (χ3v) is 9.39. The maximum Gasteiger partial charge on any atom is 0.391 e. The minimum absolute atomic E-state index is 0.289. The van der Waals surface area contributed by atoms with Crippen LogP contribution < -0.4 is 0 Å². The SMILES string of the molecule is CC.C[C@@H]1CC(CCO)[C@@]2(C)CCC3[C@@H](CC[C@@H]4C[C@@H](C(F)(F)F)CC[C@H]34)C12. The lowest BCUT2D eigenvalue weighted by Crippen LogP contribution is -2.50. The lowest BCUT2D eigenvalue weighted by Gasteiger charge is -2.57. The fraction of sp³-hybridized carbons (Fsp3) is 1.00.